The summed E-state index contributed by atoms with van der Waals surface area (Å²) >= 11 is 6.07. The number of hydrogen-bond acceptors (Lipinski definition) is 6. The molecule has 0 amide bonds. The lowest BCUT2D eigenvalue weighted by molar-refractivity contribution is 0.386. The summed E-state index contributed by atoms with van der Waals surface area (Å²) in [5.74, 6) is 1.60. The normalized spacial score (nSPS) is 15.6. The minimum Gasteiger partial charge on any atom is -0.450 e. The number of nitrogen functional groups attached to an aromatic ring is 1. The SMILES string of the molecule is NCCC1CN(c2nc(N)nc3c2oc2ccc(Cl)cc23)C1. The molecule has 0 unspecified atom stereocenters. The number of halogens is 1. The zero-order chi connectivity index (χ0) is 15.3. The molecule has 114 valence electrons. The largest absolute Gasteiger partial charge is 0.450 e. The van der Waals surface area contributed by atoms with Crippen molar-refractivity contribution in [3.05, 3.63) is 23.2 Å². The van der Waals surface area contributed by atoms with E-state index in [1.165, 1.54) is 0 Å². The molecule has 1 aliphatic rings. The van der Waals surface area contributed by atoms with Crippen LogP contribution in [0.5, 0.6) is 0 Å². The quantitative estimate of drug-likeness (QED) is 0.770. The lowest BCUT2D eigenvalue weighted by Crippen LogP contribution is -2.48. The highest BCUT2D eigenvalue weighted by molar-refractivity contribution is 6.31. The molecular weight excluding hydrogens is 302 g/mol. The monoisotopic (exact) mass is 317 g/mol. The number of fused-ring (bicyclic) bond motifs is 3. The van der Waals surface area contributed by atoms with Crippen molar-refractivity contribution in [2.75, 3.05) is 30.3 Å². The molecule has 0 atom stereocenters. The standard InChI is InChI=1S/C15H16ClN5O/c16-9-1-2-11-10(5-9)12-13(22-11)14(20-15(18)19-12)21-6-8(7-21)3-4-17/h1-2,5,8H,3-4,6-7,17H2,(H2,18,19,20). The van der Waals surface area contributed by atoms with Gasteiger partial charge in [0.1, 0.15) is 11.1 Å². The molecule has 1 aliphatic heterocycles. The first-order valence-electron chi connectivity index (χ1n) is 7.26. The van der Waals surface area contributed by atoms with E-state index in [9.17, 15) is 0 Å². The maximum absolute atomic E-state index is 6.07. The average Bonchev–Trinajstić information content (AvgIpc) is 2.80. The van der Waals surface area contributed by atoms with Crippen LogP contribution >= 0.6 is 11.6 Å². The van der Waals surface area contributed by atoms with Gasteiger partial charge in [-0.05, 0) is 37.1 Å². The molecule has 0 spiro atoms. The number of benzene rings is 1. The van der Waals surface area contributed by atoms with Crippen LogP contribution in [0.1, 0.15) is 6.42 Å². The number of rotatable bonds is 3. The van der Waals surface area contributed by atoms with Crippen LogP contribution in [0.4, 0.5) is 11.8 Å². The van der Waals surface area contributed by atoms with Gasteiger partial charge in [0.2, 0.25) is 5.95 Å². The highest BCUT2D eigenvalue weighted by atomic mass is 35.5. The number of aromatic nitrogens is 2. The maximum atomic E-state index is 6.07. The first-order valence-corrected chi connectivity index (χ1v) is 7.64. The second-order valence-corrected chi connectivity index (χ2v) is 6.11. The Morgan fingerprint density at radius 1 is 1.32 bits per heavy atom. The van der Waals surface area contributed by atoms with E-state index in [0.717, 1.165) is 36.3 Å². The van der Waals surface area contributed by atoms with E-state index in [2.05, 4.69) is 14.9 Å². The minimum atomic E-state index is 0.243. The Kier molecular flexibility index (Phi) is 3.09. The van der Waals surface area contributed by atoms with Gasteiger partial charge in [-0.15, -0.1) is 0 Å². The van der Waals surface area contributed by atoms with Crippen LogP contribution < -0.4 is 16.4 Å². The molecule has 7 heteroatoms. The Morgan fingerprint density at radius 3 is 2.91 bits per heavy atom. The number of hydrogen-bond donors (Lipinski definition) is 2. The summed E-state index contributed by atoms with van der Waals surface area (Å²) in [4.78, 5) is 10.9. The van der Waals surface area contributed by atoms with Gasteiger partial charge in [-0.1, -0.05) is 11.6 Å². The van der Waals surface area contributed by atoms with E-state index in [4.69, 9.17) is 27.5 Å². The molecule has 6 nitrogen and oxygen atoms in total. The van der Waals surface area contributed by atoms with E-state index >= 15 is 0 Å². The fourth-order valence-electron chi connectivity index (χ4n) is 2.99. The number of furan rings is 1. The Bertz CT molecular complexity index is 856. The van der Waals surface area contributed by atoms with E-state index in [1.807, 2.05) is 12.1 Å². The molecule has 0 aliphatic carbocycles. The van der Waals surface area contributed by atoms with Gasteiger partial charge in [-0.25, -0.2) is 4.98 Å². The third-order valence-electron chi connectivity index (χ3n) is 4.11. The Morgan fingerprint density at radius 2 is 2.14 bits per heavy atom. The zero-order valence-corrected chi connectivity index (χ0v) is 12.7. The molecule has 1 saturated heterocycles. The number of nitrogens with two attached hydrogens (primary N) is 2. The summed E-state index contributed by atoms with van der Waals surface area (Å²) < 4.78 is 5.94. The fraction of sp³-hybridized carbons (Fsp3) is 0.333. The molecule has 3 heterocycles. The van der Waals surface area contributed by atoms with Gasteiger partial charge in [0.05, 0.1) is 0 Å². The highest BCUT2D eigenvalue weighted by Crippen LogP contribution is 2.37. The first-order chi connectivity index (χ1) is 10.7. The third kappa shape index (κ3) is 2.07. The van der Waals surface area contributed by atoms with Gasteiger partial charge in [0.25, 0.3) is 0 Å². The van der Waals surface area contributed by atoms with Gasteiger partial charge in [0, 0.05) is 23.5 Å². The third-order valence-corrected chi connectivity index (χ3v) is 4.34. The summed E-state index contributed by atoms with van der Waals surface area (Å²) in [6.07, 6.45) is 1.02. The minimum absolute atomic E-state index is 0.243. The van der Waals surface area contributed by atoms with Crippen LogP contribution in [-0.2, 0) is 0 Å². The van der Waals surface area contributed by atoms with Crippen molar-refractivity contribution in [3.63, 3.8) is 0 Å². The van der Waals surface area contributed by atoms with Crippen LogP contribution in [0.3, 0.4) is 0 Å². The molecule has 4 rings (SSSR count). The summed E-state index contributed by atoms with van der Waals surface area (Å²) in [5, 5.41) is 1.50. The Labute approximate surface area is 132 Å². The lowest BCUT2D eigenvalue weighted by Gasteiger charge is -2.39. The molecule has 1 fully saturated rings. The molecule has 2 aromatic heterocycles. The van der Waals surface area contributed by atoms with Crippen molar-refractivity contribution in [1.82, 2.24) is 9.97 Å². The highest BCUT2D eigenvalue weighted by Gasteiger charge is 2.30. The van der Waals surface area contributed by atoms with E-state index in [1.54, 1.807) is 6.07 Å². The lowest BCUT2D eigenvalue weighted by atomic mass is 9.96. The molecular formula is C15H16ClN5O. The van der Waals surface area contributed by atoms with Crippen molar-refractivity contribution < 1.29 is 4.42 Å². The van der Waals surface area contributed by atoms with Gasteiger partial charge >= 0.3 is 0 Å². The molecule has 4 N–H and O–H groups in total. The molecule has 22 heavy (non-hydrogen) atoms. The smallest absolute Gasteiger partial charge is 0.222 e. The van der Waals surface area contributed by atoms with Gasteiger partial charge < -0.3 is 20.8 Å². The van der Waals surface area contributed by atoms with Gasteiger partial charge in [-0.2, -0.15) is 4.98 Å². The Hall–Kier alpha value is -2.05. The molecule has 0 saturated carbocycles. The van der Waals surface area contributed by atoms with Crippen LogP contribution in [0.25, 0.3) is 22.1 Å². The molecule has 3 aromatic rings. The van der Waals surface area contributed by atoms with Crippen LogP contribution in [0.2, 0.25) is 5.02 Å². The van der Waals surface area contributed by atoms with E-state index in [-0.39, 0.29) is 5.95 Å². The van der Waals surface area contributed by atoms with Crippen LogP contribution in [-0.4, -0.2) is 29.6 Å². The van der Waals surface area contributed by atoms with Crippen molar-refractivity contribution >= 4 is 45.4 Å². The van der Waals surface area contributed by atoms with Crippen molar-refractivity contribution in [1.29, 1.82) is 0 Å². The topological polar surface area (TPSA) is 94.2 Å². The second kappa shape index (κ2) is 5.00. The predicted molar refractivity (Wildman–Crippen MR) is 88.1 cm³/mol. The number of nitrogens with zero attached hydrogens (tertiary/aromatic N) is 3. The summed E-state index contributed by atoms with van der Waals surface area (Å²) in [6.45, 7) is 2.55. The predicted octanol–water partition coefficient (Wildman–Crippen LogP) is 2.40. The van der Waals surface area contributed by atoms with Crippen LogP contribution in [0.15, 0.2) is 22.6 Å². The number of anilines is 2. The van der Waals surface area contributed by atoms with Gasteiger partial charge in [-0.3, -0.25) is 0 Å². The van der Waals surface area contributed by atoms with Gasteiger partial charge in [0.15, 0.2) is 11.4 Å². The second-order valence-electron chi connectivity index (χ2n) is 5.67. The fourth-order valence-corrected chi connectivity index (χ4v) is 3.17. The maximum Gasteiger partial charge on any atom is 0.222 e. The summed E-state index contributed by atoms with van der Waals surface area (Å²) in [7, 11) is 0. The first kappa shape index (κ1) is 13.6. The zero-order valence-electron chi connectivity index (χ0n) is 11.9. The Balaban J connectivity index is 1.83. The molecule has 1 aromatic carbocycles. The average molecular weight is 318 g/mol. The van der Waals surface area contributed by atoms with Crippen LogP contribution in [0, 0.1) is 5.92 Å². The van der Waals surface area contributed by atoms with E-state index in [0.29, 0.717) is 28.6 Å². The van der Waals surface area contributed by atoms with Crippen molar-refractivity contribution in [2.45, 2.75) is 6.42 Å². The summed E-state index contributed by atoms with van der Waals surface area (Å²) in [6, 6.07) is 5.47. The van der Waals surface area contributed by atoms with E-state index < -0.39 is 0 Å². The molecule has 0 radical (unpaired) electrons. The summed E-state index contributed by atoms with van der Waals surface area (Å²) in [5.41, 5.74) is 13.6. The van der Waals surface area contributed by atoms with Crippen molar-refractivity contribution in [2.24, 2.45) is 11.7 Å². The van der Waals surface area contributed by atoms with Crippen molar-refractivity contribution in [3.8, 4) is 0 Å². The molecule has 0 bridgehead atoms.